The lowest BCUT2D eigenvalue weighted by atomic mass is 9.97. The molecule has 6 nitrogen and oxygen atoms in total. The summed E-state index contributed by atoms with van der Waals surface area (Å²) >= 11 is 1.33. The summed E-state index contributed by atoms with van der Waals surface area (Å²) in [7, 11) is 0. The number of hydrogen-bond donors (Lipinski definition) is 1. The third-order valence-electron chi connectivity index (χ3n) is 5.04. The van der Waals surface area contributed by atoms with Crippen molar-refractivity contribution in [3.63, 3.8) is 0 Å². The lowest BCUT2D eigenvalue weighted by Crippen LogP contribution is -2.13. The molecule has 1 unspecified atom stereocenters. The van der Waals surface area contributed by atoms with E-state index in [1.807, 2.05) is 77.5 Å². The van der Waals surface area contributed by atoms with Crippen LogP contribution >= 0.6 is 11.3 Å². The number of nitrogens with zero attached hydrogens (tertiary/aromatic N) is 4. The molecule has 158 valence electrons. The summed E-state index contributed by atoms with van der Waals surface area (Å²) < 4.78 is 1.92. The van der Waals surface area contributed by atoms with E-state index in [1.54, 1.807) is 6.08 Å². The van der Waals surface area contributed by atoms with Crippen molar-refractivity contribution in [2.24, 2.45) is 0 Å². The van der Waals surface area contributed by atoms with Gasteiger partial charge in [0.05, 0.1) is 0 Å². The normalized spacial score (nSPS) is 12.2. The number of aromatic nitrogens is 3. The average Bonchev–Trinajstić information content (AvgIpc) is 3.49. The van der Waals surface area contributed by atoms with Gasteiger partial charge in [-0.05, 0) is 42.3 Å². The van der Waals surface area contributed by atoms with Crippen LogP contribution in [0.3, 0.4) is 0 Å². The smallest absolute Gasteiger partial charge is 0.268 e. The van der Waals surface area contributed by atoms with Gasteiger partial charge in [-0.3, -0.25) is 10.1 Å². The Labute approximate surface area is 190 Å². The van der Waals surface area contributed by atoms with Crippen molar-refractivity contribution < 1.29 is 4.79 Å². The van der Waals surface area contributed by atoms with Crippen LogP contribution in [0, 0.1) is 11.3 Å². The minimum absolute atomic E-state index is 0.00673. The van der Waals surface area contributed by atoms with Gasteiger partial charge >= 0.3 is 0 Å². The number of anilines is 1. The Bertz CT molecular complexity index is 1270. The zero-order valence-electron chi connectivity index (χ0n) is 17.5. The quantitative estimate of drug-likeness (QED) is 0.308. The first-order chi connectivity index (χ1) is 15.7. The predicted molar refractivity (Wildman–Crippen MR) is 126 cm³/mol. The van der Waals surface area contributed by atoms with Crippen LogP contribution in [0.4, 0.5) is 5.13 Å². The molecule has 1 atom stereocenters. The van der Waals surface area contributed by atoms with Crippen molar-refractivity contribution in [3.05, 3.63) is 101 Å². The highest BCUT2D eigenvalue weighted by atomic mass is 32.1. The third kappa shape index (κ3) is 4.66. The summed E-state index contributed by atoms with van der Waals surface area (Å²) in [5, 5.41) is 21.9. The van der Waals surface area contributed by atoms with Crippen molar-refractivity contribution in [2.75, 3.05) is 5.32 Å². The molecule has 4 aromatic rings. The molecule has 0 fully saturated rings. The standard InChI is InChI=1S/C25H21N5OS/c1-2-22(18-10-5-3-6-11-18)24-28-29-25(32-24)27-23(31)19(17-26)16-21-14-9-15-30(21)20-12-7-4-8-13-20/h3-16,22H,2H2,1H3,(H,27,29,31)/b19-16-. The van der Waals surface area contributed by atoms with Crippen LogP contribution in [0.25, 0.3) is 11.8 Å². The molecule has 4 rings (SSSR count). The summed E-state index contributed by atoms with van der Waals surface area (Å²) in [5.41, 5.74) is 2.83. The van der Waals surface area contributed by atoms with E-state index < -0.39 is 5.91 Å². The van der Waals surface area contributed by atoms with Crippen molar-refractivity contribution in [2.45, 2.75) is 19.3 Å². The summed E-state index contributed by atoms with van der Waals surface area (Å²) in [5.74, 6) is -0.400. The zero-order valence-corrected chi connectivity index (χ0v) is 18.3. The van der Waals surface area contributed by atoms with Gasteiger partial charge in [0.25, 0.3) is 5.91 Å². The Morgan fingerprint density at radius 3 is 2.50 bits per heavy atom. The molecular weight excluding hydrogens is 418 g/mol. The second-order valence-corrected chi connectivity index (χ2v) is 8.09. The lowest BCUT2D eigenvalue weighted by molar-refractivity contribution is -0.112. The summed E-state index contributed by atoms with van der Waals surface area (Å²) in [6.07, 6.45) is 4.33. The minimum Gasteiger partial charge on any atom is -0.317 e. The molecule has 0 spiro atoms. The molecule has 32 heavy (non-hydrogen) atoms. The molecule has 2 aromatic heterocycles. The van der Waals surface area contributed by atoms with Crippen molar-refractivity contribution in [1.29, 1.82) is 5.26 Å². The zero-order chi connectivity index (χ0) is 22.3. The summed E-state index contributed by atoms with van der Waals surface area (Å²) in [6.45, 7) is 2.09. The van der Waals surface area contributed by atoms with Gasteiger partial charge in [-0.2, -0.15) is 5.26 Å². The number of nitriles is 1. The summed E-state index contributed by atoms with van der Waals surface area (Å²) in [4.78, 5) is 12.8. The Morgan fingerprint density at radius 2 is 1.81 bits per heavy atom. The highest BCUT2D eigenvalue weighted by Gasteiger charge is 2.19. The van der Waals surface area contributed by atoms with Crippen molar-refractivity contribution in [3.8, 4) is 11.8 Å². The van der Waals surface area contributed by atoms with E-state index in [-0.39, 0.29) is 11.5 Å². The number of nitrogens with one attached hydrogen (secondary N) is 1. The topological polar surface area (TPSA) is 83.6 Å². The van der Waals surface area contributed by atoms with Crippen LogP contribution in [0.5, 0.6) is 0 Å². The van der Waals surface area contributed by atoms with Crippen LogP contribution < -0.4 is 5.32 Å². The summed E-state index contributed by atoms with van der Waals surface area (Å²) in [6, 6.07) is 25.6. The monoisotopic (exact) mass is 439 g/mol. The van der Waals surface area contributed by atoms with Gasteiger partial charge < -0.3 is 4.57 Å². The van der Waals surface area contributed by atoms with Crippen LogP contribution in [0.15, 0.2) is 84.6 Å². The first-order valence-electron chi connectivity index (χ1n) is 10.2. The maximum absolute atomic E-state index is 12.8. The number of benzene rings is 2. The van der Waals surface area contributed by atoms with E-state index in [4.69, 9.17) is 0 Å². The van der Waals surface area contributed by atoms with Gasteiger partial charge in [-0.1, -0.05) is 66.8 Å². The fraction of sp³-hybridized carbons (Fsp3) is 0.120. The minimum atomic E-state index is -0.510. The first kappa shape index (κ1) is 21.2. The lowest BCUT2D eigenvalue weighted by Gasteiger charge is -2.11. The predicted octanol–water partition coefficient (Wildman–Crippen LogP) is 5.42. The highest BCUT2D eigenvalue weighted by Crippen LogP contribution is 2.31. The molecule has 0 aliphatic rings. The number of carbonyl (C=O) groups is 1. The fourth-order valence-corrected chi connectivity index (χ4v) is 4.41. The fourth-order valence-electron chi connectivity index (χ4n) is 3.46. The van der Waals surface area contributed by atoms with Crippen LogP contribution in [-0.2, 0) is 4.79 Å². The van der Waals surface area contributed by atoms with E-state index in [9.17, 15) is 10.1 Å². The highest BCUT2D eigenvalue weighted by molar-refractivity contribution is 7.15. The van der Waals surface area contributed by atoms with Gasteiger partial charge in [0.1, 0.15) is 16.6 Å². The maximum Gasteiger partial charge on any atom is 0.268 e. The number of hydrogen-bond acceptors (Lipinski definition) is 5. The Kier molecular flexibility index (Phi) is 6.54. The Hall–Kier alpha value is -4.02. The van der Waals surface area contributed by atoms with Crippen molar-refractivity contribution in [1.82, 2.24) is 14.8 Å². The number of amides is 1. The molecule has 0 aliphatic carbocycles. The van der Waals surface area contributed by atoms with Gasteiger partial charge in [0.15, 0.2) is 0 Å². The molecule has 1 amide bonds. The number of rotatable bonds is 7. The number of para-hydroxylation sites is 1. The maximum atomic E-state index is 12.8. The van der Waals surface area contributed by atoms with Gasteiger partial charge in [0, 0.05) is 23.5 Å². The molecule has 0 saturated heterocycles. The average molecular weight is 440 g/mol. The van der Waals surface area contributed by atoms with Gasteiger partial charge in [-0.15, -0.1) is 10.2 Å². The van der Waals surface area contributed by atoms with Gasteiger partial charge in [-0.25, -0.2) is 0 Å². The second-order valence-electron chi connectivity index (χ2n) is 7.08. The van der Waals surface area contributed by atoms with E-state index in [1.165, 1.54) is 11.3 Å². The van der Waals surface area contributed by atoms with E-state index in [0.29, 0.717) is 5.13 Å². The molecule has 7 heteroatoms. The molecule has 2 heterocycles. The van der Waals surface area contributed by atoms with Crippen LogP contribution in [-0.4, -0.2) is 20.7 Å². The van der Waals surface area contributed by atoms with E-state index >= 15 is 0 Å². The molecule has 0 bridgehead atoms. The Morgan fingerprint density at radius 1 is 1.09 bits per heavy atom. The molecule has 0 aliphatic heterocycles. The number of carbonyl (C=O) groups excluding carboxylic acids is 1. The third-order valence-corrected chi connectivity index (χ3v) is 5.99. The molecule has 1 N–H and O–H groups in total. The van der Waals surface area contributed by atoms with Crippen molar-refractivity contribution >= 4 is 28.5 Å². The second kappa shape index (κ2) is 9.86. The van der Waals surface area contributed by atoms with Gasteiger partial charge in [0.2, 0.25) is 5.13 Å². The van der Waals surface area contributed by atoms with E-state index in [2.05, 4.69) is 34.6 Å². The molecular formula is C25H21N5OS. The SMILES string of the molecule is CCC(c1ccccc1)c1nnc(NC(=O)/C(C#N)=C\c2cccn2-c2ccccc2)s1. The Balaban J connectivity index is 1.53. The molecule has 0 saturated carbocycles. The van der Waals surface area contributed by atoms with Crippen LogP contribution in [0.1, 0.15) is 35.5 Å². The molecule has 2 aromatic carbocycles. The van der Waals surface area contributed by atoms with E-state index in [0.717, 1.165) is 28.4 Å². The van der Waals surface area contributed by atoms with Crippen LogP contribution in [0.2, 0.25) is 0 Å². The first-order valence-corrected chi connectivity index (χ1v) is 11.1. The largest absolute Gasteiger partial charge is 0.317 e. The molecule has 0 radical (unpaired) electrons.